The lowest BCUT2D eigenvalue weighted by molar-refractivity contribution is -0.147. The third kappa shape index (κ3) is 2.41. The van der Waals surface area contributed by atoms with Gasteiger partial charge in [0.1, 0.15) is 12.6 Å². The van der Waals surface area contributed by atoms with Gasteiger partial charge in [-0.3, -0.25) is 4.79 Å². The van der Waals surface area contributed by atoms with E-state index in [1.165, 1.54) is 19.3 Å². The van der Waals surface area contributed by atoms with Gasteiger partial charge in [0, 0.05) is 6.04 Å². The highest BCUT2D eigenvalue weighted by molar-refractivity contribution is 5.76. The first-order valence-corrected chi connectivity index (χ1v) is 6.79. The fourth-order valence-corrected chi connectivity index (χ4v) is 3.16. The first kappa shape index (κ1) is 11.7. The van der Waals surface area contributed by atoms with Gasteiger partial charge in [-0.1, -0.05) is 36.8 Å². The molecule has 18 heavy (non-hydrogen) atoms. The summed E-state index contributed by atoms with van der Waals surface area (Å²) in [6, 6.07) is 10.3. The molecule has 0 amide bonds. The van der Waals surface area contributed by atoms with Crippen LogP contribution in [0, 0.1) is 5.92 Å². The maximum absolute atomic E-state index is 12.0. The first-order chi connectivity index (χ1) is 8.83. The van der Waals surface area contributed by atoms with Gasteiger partial charge in [0.05, 0.1) is 0 Å². The molecule has 1 saturated heterocycles. The minimum atomic E-state index is -0.0896. The second-order valence-corrected chi connectivity index (χ2v) is 5.35. The van der Waals surface area contributed by atoms with Crippen molar-refractivity contribution in [1.29, 1.82) is 0 Å². The molecule has 3 rings (SSSR count). The van der Waals surface area contributed by atoms with Crippen LogP contribution in [0.3, 0.4) is 0 Å². The highest BCUT2D eigenvalue weighted by Crippen LogP contribution is 2.34. The summed E-state index contributed by atoms with van der Waals surface area (Å²) in [5.41, 5.74) is 1.05. The van der Waals surface area contributed by atoms with Crippen LogP contribution >= 0.6 is 0 Å². The number of ether oxygens (including phenoxy) is 1. The zero-order valence-electron chi connectivity index (χ0n) is 10.5. The Bertz CT molecular complexity index is 406. The molecule has 3 atom stereocenters. The Morgan fingerprint density at radius 3 is 2.89 bits per heavy atom. The van der Waals surface area contributed by atoms with Gasteiger partial charge in [-0.15, -0.1) is 0 Å². The lowest BCUT2D eigenvalue weighted by atomic mass is 10.0. The molecule has 0 bridgehead atoms. The first-order valence-electron chi connectivity index (χ1n) is 6.79. The maximum Gasteiger partial charge on any atom is 0.323 e. The highest BCUT2D eigenvalue weighted by atomic mass is 16.5. The predicted octanol–water partition coefficient (Wildman–Crippen LogP) is 2.26. The topological polar surface area (TPSA) is 38.3 Å². The molecule has 0 radical (unpaired) electrons. The Labute approximate surface area is 108 Å². The van der Waals surface area contributed by atoms with Crippen LogP contribution in [0.4, 0.5) is 0 Å². The van der Waals surface area contributed by atoms with Gasteiger partial charge in [-0.25, -0.2) is 0 Å². The second kappa shape index (κ2) is 5.11. The Kier molecular flexibility index (Phi) is 3.33. The molecular formula is C15H19NO2. The molecule has 1 heterocycles. The number of carbonyl (C=O) groups excluding carboxylic acids is 1. The van der Waals surface area contributed by atoms with Gasteiger partial charge in [-0.05, 0) is 30.7 Å². The van der Waals surface area contributed by atoms with E-state index in [4.69, 9.17) is 4.74 Å². The Morgan fingerprint density at radius 2 is 2.11 bits per heavy atom. The standard InChI is InChI=1S/C15H19NO2/c17-15(18-10-11-5-2-1-3-6-11)14-9-12-7-4-8-13(12)16-14/h1-3,5-6,12-14,16H,4,7-10H2/t12-,13-,14-/m1/s1. The third-order valence-corrected chi connectivity index (χ3v) is 4.12. The summed E-state index contributed by atoms with van der Waals surface area (Å²) in [6.07, 6.45) is 4.74. The molecule has 1 aliphatic heterocycles. The van der Waals surface area contributed by atoms with Crippen LogP contribution < -0.4 is 5.32 Å². The lowest BCUT2D eigenvalue weighted by Gasteiger charge is -2.12. The molecule has 1 N–H and O–H groups in total. The minimum absolute atomic E-state index is 0.0796. The number of hydrogen-bond donors (Lipinski definition) is 1. The highest BCUT2D eigenvalue weighted by Gasteiger charge is 2.40. The number of rotatable bonds is 3. The van der Waals surface area contributed by atoms with E-state index in [2.05, 4.69) is 5.32 Å². The number of carbonyl (C=O) groups is 1. The van der Waals surface area contributed by atoms with Gasteiger partial charge >= 0.3 is 5.97 Å². The average Bonchev–Trinajstić information content (AvgIpc) is 2.98. The molecular weight excluding hydrogens is 226 g/mol. The van der Waals surface area contributed by atoms with Crippen LogP contribution in [-0.2, 0) is 16.1 Å². The molecule has 3 nitrogen and oxygen atoms in total. The Hall–Kier alpha value is -1.35. The van der Waals surface area contributed by atoms with Crippen molar-refractivity contribution in [3.05, 3.63) is 35.9 Å². The zero-order chi connectivity index (χ0) is 12.4. The normalized spacial score (nSPS) is 30.1. The zero-order valence-corrected chi connectivity index (χ0v) is 10.5. The van der Waals surface area contributed by atoms with Crippen molar-refractivity contribution < 1.29 is 9.53 Å². The monoisotopic (exact) mass is 245 g/mol. The SMILES string of the molecule is O=C(OCc1ccccc1)[C@H]1C[C@H]2CCC[C@H]2N1. The molecule has 0 spiro atoms. The van der Waals surface area contributed by atoms with Crippen LogP contribution in [0.1, 0.15) is 31.2 Å². The molecule has 1 aliphatic carbocycles. The van der Waals surface area contributed by atoms with E-state index in [1.54, 1.807) is 0 Å². The van der Waals surface area contributed by atoms with Crippen molar-refractivity contribution in [1.82, 2.24) is 5.32 Å². The number of hydrogen-bond acceptors (Lipinski definition) is 3. The molecule has 0 aromatic heterocycles. The van der Waals surface area contributed by atoms with E-state index in [0.717, 1.165) is 12.0 Å². The van der Waals surface area contributed by atoms with E-state index in [-0.39, 0.29) is 12.0 Å². The van der Waals surface area contributed by atoms with Crippen LogP contribution in [0.5, 0.6) is 0 Å². The molecule has 2 fully saturated rings. The lowest BCUT2D eigenvalue weighted by Crippen LogP contribution is -2.36. The summed E-state index contributed by atoms with van der Waals surface area (Å²) in [6.45, 7) is 0.382. The molecule has 1 aromatic rings. The van der Waals surface area contributed by atoms with Crippen LogP contribution in [0.25, 0.3) is 0 Å². The van der Waals surface area contributed by atoms with Crippen LogP contribution in [0.2, 0.25) is 0 Å². The van der Waals surface area contributed by atoms with Gasteiger partial charge < -0.3 is 10.1 Å². The van der Waals surface area contributed by atoms with Crippen molar-refractivity contribution >= 4 is 5.97 Å². The maximum atomic E-state index is 12.0. The minimum Gasteiger partial charge on any atom is -0.460 e. The van der Waals surface area contributed by atoms with Crippen molar-refractivity contribution in [2.45, 2.75) is 44.4 Å². The quantitative estimate of drug-likeness (QED) is 0.830. The van der Waals surface area contributed by atoms with E-state index in [0.29, 0.717) is 18.6 Å². The largest absolute Gasteiger partial charge is 0.460 e. The fourth-order valence-electron chi connectivity index (χ4n) is 3.16. The molecule has 1 saturated carbocycles. The van der Waals surface area contributed by atoms with Crippen molar-refractivity contribution in [3.63, 3.8) is 0 Å². The second-order valence-electron chi connectivity index (χ2n) is 5.35. The summed E-state index contributed by atoms with van der Waals surface area (Å²) in [5, 5.41) is 3.41. The number of esters is 1. The fraction of sp³-hybridized carbons (Fsp3) is 0.533. The molecule has 0 unspecified atom stereocenters. The van der Waals surface area contributed by atoms with E-state index < -0.39 is 0 Å². The van der Waals surface area contributed by atoms with E-state index >= 15 is 0 Å². The summed E-state index contributed by atoms with van der Waals surface area (Å²) < 4.78 is 5.38. The summed E-state index contributed by atoms with van der Waals surface area (Å²) >= 11 is 0. The summed E-state index contributed by atoms with van der Waals surface area (Å²) in [4.78, 5) is 12.0. The van der Waals surface area contributed by atoms with E-state index in [9.17, 15) is 4.79 Å². The molecule has 96 valence electrons. The van der Waals surface area contributed by atoms with Crippen LogP contribution in [0.15, 0.2) is 30.3 Å². The predicted molar refractivity (Wildman–Crippen MR) is 68.9 cm³/mol. The number of fused-ring (bicyclic) bond motifs is 1. The van der Waals surface area contributed by atoms with Crippen molar-refractivity contribution in [3.8, 4) is 0 Å². The number of benzene rings is 1. The van der Waals surface area contributed by atoms with E-state index in [1.807, 2.05) is 30.3 Å². The number of nitrogens with one attached hydrogen (secondary N) is 1. The van der Waals surface area contributed by atoms with Gasteiger partial charge in [0.15, 0.2) is 0 Å². The van der Waals surface area contributed by atoms with Crippen LogP contribution in [-0.4, -0.2) is 18.1 Å². The molecule has 1 aromatic carbocycles. The van der Waals surface area contributed by atoms with Gasteiger partial charge in [0.2, 0.25) is 0 Å². The third-order valence-electron chi connectivity index (χ3n) is 4.12. The van der Waals surface area contributed by atoms with Gasteiger partial charge in [0.25, 0.3) is 0 Å². The molecule has 3 heteroatoms. The Morgan fingerprint density at radius 1 is 1.28 bits per heavy atom. The molecule has 2 aliphatic rings. The van der Waals surface area contributed by atoms with Gasteiger partial charge in [-0.2, -0.15) is 0 Å². The smallest absolute Gasteiger partial charge is 0.323 e. The summed E-state index contributed by atoms with van der Waals surface area (Å²) in [5.74, 6) is 0.604. The van der Waals surface area contributed by atoms with Crippen molar-refractivity contribution in [2.24, 2.45) is 5.92 Å². The van der Waals surface area contributed by atoms with Crippen molar-refractivity contribution in [2.75, 3.05) is 0 Å². The Balaban J connectivity index is 1.50. The summed E-state index contributed by atoms with van der Waals surface area (Å²) in [7, 11) is 0. The average molecular weight is 245 g/mol.